The number of methoxy groups -OCH3 is 4. The molecule has 0 spiro atoms. The molecule has 0 bridgehead atoms. The second-order valence-corrected chi connectivity index (χ2v) is 6.75. The first kappa shape index (κ1) is 22.0. The SMILES string of the molecule is COC(=O)[C@H](C)Oc1ccc2c(c1C)OC(=Cc1cc(OC)c(OC)c(OC)c1)C2=O. The summed E-state index contributed by atoms with van der Waals surface area (Å²) in [6.07, 6.45) is 0.803. The van der Waals surface area contributed by atoms with Crippen molar-refractivity contribution >= 4 is 17.8 Å². The largest absolute Gasteiger partial charge is 0.493 e. The average Bonchev–Trinajstić information content (AvgIpc) is 3.10. The van der Waals surface area contributed by atoms with Crippen molar-refractivity contribution in [3.05, 3.63) is 46.7 Å². The molecule has 164 valence electrons. The number of benzene rings is 2. The molecule has 1 aliphatic heterocycles. The van der Waals surface area contributed by atoms with Gasteiger partial charge in [-0.05, 0) is 49.8 Å². The number of carbonyl (C=O) groups excluding carboxylic acids is 2. The van der Waals surface area contributed by atoms with Crippen LogP contribution in [0.15, 0.2) is 30.0 Å². The van der Waals surface area contributed by atoms with E-state index in [0.717, 1.165) is 0 Å². The van der Waals surface area contributed by atoms with E-state index in [4.69, 9.17) is 23.7 Å². The quantitative estimate of drug-likeness (QED) is 0.488. The van der Waals surface area contributed by atoms with E-state index in [-0.39, 0.29) is 11.5 Å². The summed E-state index contributed by atoms with van der Waals surface area (Å²) in [5, 5.41) is 0. The third-order valence-corrected chi connectivity index (χ3v) is 4.86. The molecule has 31 heavy (non-hydrogen) atoms. The molecule has 0 saturated heterocycles. The molecular formula is C23H24O8. The molecule has 8 heteroatoms. The molecule has 1 atom stereocenters. The Hall–Kier alpha value is -3.68. The molecule has 0 saturated carbocycles. The van der Waals surface area contributed by atoms with Gasteiger partial charge in [0.15, 0.2) is 23.4 Å². The van der Waals surface area contributed by atoms with Crippen LogP contribution in [-0.2, 0) is 9.53 Å². The number of carbonyl (C=O) groups is 2. The highest BCUT2D eigenvalue weighted by molar-refractivity contribution is 6.15. The third kappa shape index (κ3) is 4.14. The average molecular weight is 428 g/mol. The van der Waals surface area contributed by atoms with Crippen LogP contribution in [0.4, 0.5) is 0 Å². The van der Waals surface area contributed by atoms with Crippen LogP contribution >= 0.6 is 0 Å². The monoisotopic (exact) mass is 428 g/mol. The molecule has 2 aromatic carbocycles. The number of hydrogen-bond donors (Lipinski definition) is 0. The lowest BCUT2D eigenvalue weighted by molar-refractivity contribution is -0.147. The lowest BCUT2D eigenvalue weighted by atomic mass is 10.1. The molecule has 8 nitrogen and oxygen atoms in total. The van der Waals surface area contributed by atoms with Crippen molar-refractivity contribution in [2.24, 2.45) is 0 Å². The zero-order chi connectivity index (χ0) is 22.7. The molecule has 0 aliphatic carbocycles. The predicted molar refractivity (Wildman–Crippen MR) is 112 cm³/mol. The number of Topliss-reactive ketones (excluding diaryl/α,β-unsaturated/α-hetero) is 1. The second-order valence-electron chi connectivity index (χ2n) is 6.75. The summed E-state index contributed by atoms with van der Waals surface area (Å²) in [5.41, 5.74) is 1.66. The Morgan fingerprint density at radius 2 is 1.65 bits per heavy atom. The van der Waals surface area contributed by atoms with E-state index in [0.29, 0.717) is 45.4 Å². The summed E-state index contributed by atoms with van der Waals surface area (Å²) in [5.74, 6) is 1.56. The van der Waals surface area contributed by atoms with Crippen LogP contribution in [0.1, 0.15) is 28.4 Å². The van der Waals surface area contributed by atoms with Gasteiger partial charge in [-0.2, -0.15) is 0 Å². The van der Waals surface area contributed by atoms with Gasteiger partial charge < -0.3 is 28.4 Å². The molecule has 0 fully saturated rings. The molecule has 1 aliphatic rings. The Bertz CT molecular complexity index is 1030. The number of rotatable bonds is 7. The Morgan fingerprint density at radius 3 is 2.19 bits per heavy atom. The number of hydrogen-bond acceptors (Lipinski definition) is 8. The van der Waals surface area contributed by atoms with Gasteiger partial charge in [0.25, 0.3) is 0 Å². The predicted octanol–water partition coefficient (Wildman–Crippen LogP) is 3.58. The number of fused-ring (bicyclic) bond motifs is 1. The third-order valence-electron chi connectivity index (χ3n) is 4.86. The Labute approximate surface area is 180 Å². The zero-order valence-corrected chi connectivity index (χ0v) is 18.2. The van der Waals surface area contributed by atoms with Crippen molar-refractivity contribution in [3.8, 4) is 28.7 Å². The fourth-order valence-corrected chi connectivity index (χ4v) is 3.24. The van der Waals surface area contributed by atoms with Crippen LogP contribution in [0.25, 0.3) is 6.08 Å². The number of esters is 1. The minimum absolute atomic E-state index is 0.144. The van der Waals surface area contributed by atoms with Gasteiger partial charge in [0.2, 0.25) is 11.5 Å². The van der Waals surface area contributed by atoms with Gasteiger partial charge >= 0.3 is 5.97 Å². The summed E-state index contributed by atoms with van der Waals surface area (Å²) < 4.78 is 32.3. The van der Waals surface area contributed by atoms with Crippen LogP contribution in [0.5, 0.6) is 28.7 Å². The molecule has 0 N–H and O–H groups in total. The fraction of sp³-hybridized carbons (Fsp3) is 0.304. The van der Waals surface area contributed by atoms with Gasteiger partial charge in [0, 0.05) is 5.56 Å². The summed E-state index contributed by atoms with van der Waals surface area (Å²) in [6, 6.07) is 6.68. The zero-order valence-electron chi connectivity index (χ0n) is 18.2. The molecule has 0 unspecified atom stereocenters. The topological polar surface area (TPSA) is 89.5 Å². The summed E-state index contributed by atoms with van der Waals surface area (Å²) in [6.45, 7) is 3.34. The van der Waals surface area contributed by atoms with E-state index in [2.05, 4.69) is 4.74 Å². The number of ketones is 1. The van der Waals surface area contributed by atoms with Crippen molar-refractivity contribution in [2.45, 2.75) is 20.0 Å². The van der Waals surface area contributed by atoms with Gasteiger partial charge in [-0.3, -0.25) is 4.79 Å². The second kappa shape index (κ2) is 8.99. The smallest absolute Gasteiger partial charge is 0.346 e. The highest BCUT2D eigenvalue weighted by Crippen LogP contribution is 2.42. The molecule has 1 heterocycles. The summed E-state index contributed by atoms with van der Waals surface area (Å²) in [4.78, 5) is 24.5. The number of allylic oxidation sites excluding steroid dienone is 1. The maximum absolute atomic E-state index is 12.9. The van der Waals surface area contributed by atoms with Crippen LogP contribution < -0.4 is 23.7 Å². The van der Waals surface area contributed by atoms with E-state index >= 15 is 0 Å². The summed E-state index contributed by atoms with van der Waals surface area (Å²) >= 11 is 0. The lowest BCUT2D eigenvalue weighted by Gasteiger charge is -2.15. The standard InChI is InChI=1S/C23H24O8/c1-12-16(30-13(2)23(25)29-6)8-7-15-20(24)17(31-21(12)15)9-14-10-18(26-3)22(28-5)19(11-14)27-4/h7-11,13H,1-6H3/t13-/m0/s1. The first-order valence-corrected chi connectivity index (χ1v) is 9.46. The van der Waals surface area contributed by atoms with Crippen molar-refractivity contribution in [1.82, 2.24) is 0 Å². The van der Waals surface area contributed by atoms with Crippen LogP contribution in [0, 0.1) is 6.92 Å². The van der Waals surface area contributed by atoms with E-state index in [1.54, 1.807) is 44.2 Å². The van der Waals surface area contributed by atoms with E-state index < -0.39 is 12.1 Å². The van der Waals surface area contributed by atoms with Gasteiger partial charge in [0.05, 0.1) is 34.0 Å². The van der Waals surface area contributed by atoms with Crippen molar-refractivity contribution in [1.29, 1.82) is 0 Å². The molecule has 3 rings (SSSR count). The van der Waals surface area contributed by atoms with E-state index in [1.807, 2.05) is 0 Å². The normalized spacial score (nSPS) is 14.5. The Balaban J connectivity index is 1.95. The minimum Gasteiger partial charge on any atom is -0.493 e. The van der Waals surface area contributed by atoms with E-state index in [1.165, 1.54) is 28.4 Å². The van der Waals surface area contributed by atoms with E-state index in [9.17, 15) is 9.59 Å². The van der Waals surface area contributed by atoms with Crippen molar-refractivity contribution in [2.75, 3.05) is 28.4 Å². The molecule has 0 aromatic heterocycles. The first-order valence-electron chi connectivity index (χ1n) is 9.46. The maximum Gasteiger partial charge on any atom is 0.346 e. The highest BCUT2D eigenvalue weighted by Gasteiger charge is 2.31. The Morgan fingerprint density at radius 1 is 1.00 bits per heavy atom. The van der Waals surface area contributed by atoms with Gasteiger partial charge in [-0.25, -0.2) is 4.79 Å². The van der Waals surface area contributed by atoms with Gasteiger partial charge in [-0.15, -0.1) is 0 Å². The van der Waals surface area contributed by atoms with Gasteiger partial charge in [0.1, 0.15) is 11.5 Å². The Kier molecular flexibility index (Phi) is 6.39. The lowest BCUT2D eigenvalue weighted by Crippen LogP contribution is -2.25. The molecule has 0 radical (unpaired) electrons. The van der Waals surface area contributed by atoms with Crippen molar-refractivity contribution in [3.63, 3.8) is 0 Å². The highest BCUT2D eigenvalue weighted by atomic mass is 16.6. The molecule has 2 aromatic rings. The van der Waals surface area contributed by atoms with Gasteiger partial charge in [-0.1, -0.05) is 0 Å². The first-order chi connectivity index (χ1) is 14.8. The van der Waals surface area contributed by atoms with Crippen molar-refractivity contribution < 1.29 is 38.0 Å². The fourth-order valence-electron chi connectivity index (χ4n) is 3.24. The molecular weight excluding hydrogens is 404 g/mol. The van der Waals surface area contributed by atoms with Crippen LogP contribution in [0.2, 0.25) is 0 Å². The van der Waals surface area contributed by atoms with Crippen LogP contribution in [-0.4, -0.2) is 46.3 Å². The summed E-state index contributed by atoms with van der Waals surface area (Å²) in [7, 11) is 5.84. The van der Waals surface area contributed by atoms with Crippen LogP contribution in [0.3, 0.4) is 0 Å². The maximum atomic E-state index is 12.9. The minimum atomic E-state index is -0.798. The molecule has 0 amide bonds. The number of ether oxygens (including phenoxy) is 6.